The number of anilines is 1. The molecule has 19 heavy (non-hydrogen) atoms. The Morgan fingerprint density at radius 3 is 2.63 bits per heavy atom. The molecule has 0 fully saturated rings. The molecule has 1 rings (SSSR count). The van der Waals surface area contributed by atoms with E-state index in [1.807, 2.05) is 13.8 Å². The molecule has 0 aliphatic carbocycles. The fourth-order valence-corrected chi connectivity index (χ4v) is 1.62. The normalized spacial score (nSPS) is 12.1. The number of aryl methyl sites for hydroxylation is 1. The molecule has 106 valence electrons. The standard InChI is InChI=1S/C12H20N4O3/c1-8(2)5-10(15-12(18)19-4)11(17)14-9-6-13-16(3)7-9/h6-8,10H,5H2,1-4H3,(H,14,17)(H,15,18). The maximum absolute atomic E-state index is 12.1. The van der Waals surface area contributed by atoms with Crippen molar-refractivity contribution in [2.24, 2.45) is 13.0 Å². The number of ether oxygens (including phenoxy) is 1. The van der Waals surface area contributed by atoms with Gasteiger partial charge in [0, 0.05) is 13.2 Å². The van der Waals surface area contributed by atoms with Crippen LogP contribution in [-0.2, 0) is 16.6 Å². The summed E-state index contributed by atoms with van der Waals surface area (Å²) in [6, 6.07) is -0.632. The Bertz CT molecular complexity index is 442. The number of alkyl carbamates (subject to hydrolysis) is 1. The molecular formula is C12H20N4O3. The number of hydrogen-bond donors (Lipinski definition) is 2. The summed E-state index contributed by atoms with van der Waals surface area (Å²) in [5.41, 5.74) is 0.591. The van der Waals surface area contributed by atoms with E-state index in [1.165, 1.54) is 7.11 Å². The zero-order valence-corrected chi connectivity index (χ0v) is 11.6. The van der Waals surface area contributed by atoms with Crippen LogP contribution in [0.3, 0.4) is 0 Å². The van der Waals surface area contributed by atoms with Crippen LogP contribution in [-0.4, -0.2) is 34.9 Å². The van der Waals surface area contributed by atoms with Gasteiger partial charge in [-0.3, -0.25) is 9.48 Å². The SMILES string of the molecule is COC(=O)NC(CC(C)C)C(=O)Nc1cnn(C)c1. The van der Waals surface area contributed by atoms with Gasteiger partial charge in [-0.15, -0.1) is 0 Å². The first-order chi connectivity index (χ1) is 8.92. The van der Waals surface area contributed by atoms with Gasteiger partial charge in [-0.05, 0) is 12.3 Å². The molecule has 1 aromatic heterocycles. The molecule has 0 bridgehead atoms. The maximum atomic E-state index is 12.1. The van der Waals surface area contributed by atoms with Crippen LogP contribution in [0.15, 0.2) is 12.4 Å². The molecular weight excluding hydrogens is 248 g/mol. The highest BCUT2D eigenvalue weighted by molar-refractivity contribution is 5.96. The van der Waals surface area contributed by atoms with E-state index >= 15 is 0 Å². The average molecular weight is 268 g/mol. The van der Waals surface area contributed by atoms with Crippen LogP contribution in [0, 0.1) is 5.92 Å². The van der Waals surface area contributed by atoms with Crippen LogP contribution >= 0.6 is 0 Å². The smallest absolute Gasteiger partial charge is 0.407 e. The molecule has 1 heterocycles. The molecule has 1 unspecified atom stereocenters. The highest BCUT2D eigenvalue weighted by Gasteiger charge is 2.22. The Balaban J connectivity index is 2.67. The summed E-state index contributed by atoms with van der Waals surface area (Å²) < 4.78 is 6.10. The highest BCUT2D eigenvalue weighted by Crippen LogP contribution is 2.09. The van der Waals surface area contributed by atoms with Crippen LogP contribution < -0.4 is 10.6 Å². The predicted molar refractivity (Wildman–Crippen MR) is 70.6 cm³/mol. The second-order valence-corrected chi connectivity index (χ2v) is 4.71. The summed E-state index contributed by atoms with van der Waals surface area (Å²) in [4.78, 5) is 23.3. The monoisotopic (exact) mass is 268 g/mol. The first-order valence-corrected chi connectivity index (χ1v) is 6.06. The van der Waals surface area contributed by atoms with Gasteiger partial charge in [0.25, 0.3) is 0 Å². The van der Waals surface area contributed by atoms with Gasteiger partial charge < -0.3 is 15.4 Å². The minimum absolute atomic E-state index is 0.266. The third kappa shape index (κ3) is 4.99. The van der Waals surface area contributed by atoms with Crippen molar-refractivity contribution in [3.63, 3.8) is 0 Å². The molecule has 1 aromatic rings. The number of carbonyl (C=O) groups excluding carboxylic acids is 2. The molecule has 0 aromatic carbocycles. The Hall–Kier alpha value is -2.05. The largest absolute Gasteiger partial charge is 0.453 e. The molecule has 0 radical (unpaired) electrons. The minimum Gasteiger partial charge on any atom is -0.453 e. The van der Waals surface area contributed by atoms with Gasteiger partial charge in [-0.1, -0.05) is 13.8 Å². The molecule has 0 saturated heterocycles. The number of hydrogen-bond acceptors (Lipinski definition) is 4. The Morgan fingerprint density at radius 2 is 2.16 bits per heavy atom. The van der Waals surface area contributed by atoms with Gasteiger partial charge in [-0.25, -0.2) is 4.79 Å². The van der Waals surface area contributed by atoms with Gasteiger partial charge in [0.15, 0.2) is 0 Å². The first-order valence-electron chi connectivity index (χ1n) is 6.06. The van der Waals surface area contributed by atoms with Crippen LogP contribution in [0.5, 0.6) is 0 Å². The number of amides is 2. The number of nitrogens with one attached hydrogen (secondary N) is 2. The van der Waals surface area contributed by atoms with Crippen LogP contribution in [0.4, 0.5) is 10.5 Å². The van der Waals surface area contributed by atoms with Crippen LogP contribution in [0.2, 0.25) is 0 Å². The van der Waals surface area contributed by atoms with E-state index in [1.54, 1.807) is 24.1 Å². The second-order valence-electron chi connectivity index (χ2n) is 4.71. The van der Waals surface area contributed by atoms with Crippen molar-refractivity contribution in [2.75, 3.05) is 12.4 Å². The predicted octanol–water partition coefficient (Wildman–Crippen LogP) is 1.13. The number of aromatic nitrogens is 2. The van der Waals surface area contributed by atoms with E-state index < -0.39 is 12.1 Å². The van der Waals surface area contributed by atoms with Crippen molar-refractivity contribution in [1.29, 1.82) is 0 Å². The van der Waals surface area contributed by atoms with Crippen LogP contribution in [0.25, 0.3) is 0 Å². The molecule has 1 atom stereocenters. The summed E-state index contributed by atoms with van der Waals surface area (Å²) >= 11 is 0. The fraction of sp³-hybridized carbons (Fsp3) is 0.583. The fourth-order valence-electron chi connectivity index (χ4n) is 1.62. The molecule has 0 spiro atoms. The molecule has 7 heteroatoms. The number of nitrogens with zero attached hydrogens (tertiary/aromatic N) is 2. The number of carbonyl (C=O) groups is 2. The van der Waals surface area contributed by atoms with Crippen molar-refractivity contribution in [3.8, 4) is 0 Å². The van der Waals surface area contributed by atoms with E-state index in [4.69, 9.17) is 0 Å². The van der Waals surface area contributed by atoms with E-state index in [0.29, 0.717) is 12.1 Å². The van der Waals surface area contributed by atoms with Gasteiger partial charge >= 0.3 is 6.09 Å². The van der Waals surface area contributed by atoms with Gasteiger partial charge in [0.05, 0.1) is 19.0 Å². The van der Waals surface area contributed by atoms with Crippen molar-refractivity contribution in [2.45, 2.75) is 26.3 Å². The Morgan fingerprint density at radius 1 is 1.47 bits per heavy atom. The minimum atomic E-state index is -0.632. The molecule has 0 aliphatic rings. The lowest BCUT2D eigenvalue weighted by Gasteiger charge is -2.18. The lowest BCUT2D eigenvalue weighted by molar-refractivity contribution is -0.118. The van der Waals surface area contributed by atoms with Gasteiger partial charge in [0.2, 0.25) is 5.91 Å². The number of rotatable bonds is 5. The second kappa shape index (κ2) is 6.77. The summed E-state index contributed by atoms with van der Waals surface area (Å²) in [5.74, 6) is -0.0195. The van der Waals surface area contributed by atoms with Gasteiger partial charge in [0.1, 0.15) is 6.04 Å². The third-order valence-electron chi connectivity index (χ3n) is 2.47. The van der Waals surface area contributed by atoms with E-state index in [9.17, 15) is 9.59 Å². The summed E-state index contributed by atoms with van der Waals surface area (Å²) in [5, 5.41) is 9.19. The van der Waals surface area contributed by atoms with E-state index in [0.717, 1.165) is 0 Å². The van der Waals surface area contributed by atoms with Crippen molar-refractivity contribution < 1.29 is 14.3 Å². The molecule has 7 nitrogen and oxygen atoms in total. The van der Waals surface area contributed by atoms with Gasteiger partial charge in [-0.2, -0.15) is 5.10 Å². The highest BCUT2D eigenvalue weighted by atomic mass is 16.5. The van der Waals surface area contributed by atoms with E-state index in [2.05, 4.69) is 20.5 Å². The average Bonchev–Trinajstić information content (AvgIpc) is 2.73. The zero-order valence-electron chi connectivity index (χ0n) is 11.6. The molecule has 0 saturated carbocycles. The topological polar surface area (TPSA) is 85.2 Å². The Labute approximate surface area is 112 Å². The Kier molecular flexibility index (Phi) is 5.35. The molecule has 0 aliphatic heterocycles. The molecule has 2 N–H and O–H groups in total. The third-order valence-corrected chi connectivity index (χ3v) is 2.47. The quantitative estimate of drug-likeness (QED) is 0.838. The summed E-state index contributed by atoms with van der Waals surface area (Å²) in [6.07, 6.45) is 3.14. The van der Waals surface area contributed by atoms with Crippen molar-refractivity contribution >= 4 is 17.7 Å². The van der Waals surface area contributed by atoms with Crippen molar-refractivity contribution in [3.05, 3.63) is 12.4 Å². The van der Waals surface area contributed by atoms with Crippen LogP contribution in [0.1, 0.15) is 20.3 Å². The summed E-state index contributed by atoms with van der Waals surface area (Å²) in [6.45, 7) is 3.95. The lowest BCUT2D eigenvalue weighted by Crippen LogP contribution is -2.44. The van der Waals surface area contributed by atoms with Crippen molar-refractivity contribution in [1.82, 2.24) is 15.1 Å². The number of methoxy groups -OCH3 is 1. The van der Waals surface area contributed by atoms with E-state index in [-0.39, 0.29) is 11.8 Å². The first kappa shape index (κ1) is 15.0. The molecule has 2 amide bonds. The maximum Gasteiger partial charge on any atom is 0.407 e. The lowest BCUT2D eigenvalue weighted by atomic mass is 10.0. The summed E-state index contributed by atoms with van der Waals surface area (Å²) in [7, 11) is 3.02. The zero-order chi connectivity index (χ0) is 14.4.